The first-order valence-corrected chi connectivity index (χ1v) is 9.58. The molecule has 0 aliphatic carbocycles. The molecule has 11 heteroatoms. The fraction of sp³-hybridized carbons (Fsp3) is 0.222. The van der Waals surface area contributed by atoms with Crippen LogP contribution in [-0.4, -0.2) is 36.9 Å². The minimum absolute atomic E-state index is 0. The summed E-state index contributed by atoms with van der Waals surface area (Å²) in [4.78, 5) is 17.8. The van der Waals surface area contributed by atoms with Gasteiger partial charge in [-0.15, -0.1) is 23.7 Å². The van der Waals surface area contributed by atoms with Crippen LogP contribution in [0.2, 0.25) is 0 Å². The molecule has 4 N–H and O–H groups in total. The maximum atomic E-state index is 11.9. The molecule has 0 unspecified atom stereocenters. The second kappa shape index (κ2) is 7.05. The first-order valence-electron chi connectivity index (χ1n) is 8.76. The van der Waals surface area contributed by atoms with Crippen LogP contribution in [0.15, 0.2) is 24.7 Å². The van der Waals surface area contributed by atoms with Gasteiger partial charge < -0.3 is 16.2 Å². The van der Waals surface area contributed by atoms with Crippen molar-refractivity contribution < 1.29 is 9.53 Å². The van der Waals surface area contributed by atoms with E-state index in [2.05, 4.69) is 15.2 Å². The van der Waals surface area contributed by atoms with Crippen molar-refractivity contribution in [2.24, 2.45) is 5.73 Å². The van der Waals surface area contributed by atoms with Crippen LogP contribution in [0, 0.1) is 6.92 Å². The number of thiazole rings is 1. The highest BCUT2D eigenvalue weighted by molar-refractivity contribution is 7.21. The summed E-state index contributed by atoms with van der Waals surface area (Å²) in [7, 11) is 0. The van der Waals surface area contributed by atoms with Crippen LogP contribution >= 0.6 is 23.7 Å². The quantitative estimate of drug-likeness (QED) is 0.513. The zero-order valence-corrected chi connectivity index (χ0v) is 17.1. The molecule has 1 aliphatic rings. The molecule has 4 aromatic rings. The normalized spacial score (nSPS) is 13.0. The van der Waals surface area contributed by atoms with Crippen molar-refractivity contribution >= 4 is 40.2 Å². The first kappa shape index (κ1) is 19.2. The third kappa shape index (κ3) is 2.91. The maximum Gasteiger partial charge on any atom is 0.253 e. The number of halogens is 1. The molecule has 5 rings (SSSR count). The van der Waals surface area contributed by atoms with Gasteiger partial charge in [0.25, 0.3) is 5.91 Å². The molecule has 0 fully saturated rings. The molecule has 150 valence electrons. The van der Waals surface area contributed by atoms with Gasteiger partial charge in [0.05, 0.1) is 52.6 Å². The number of pyridine rings is 1. The van der Waals surface area contributed by atoms with Crippen molar-refractivity contribution in [2.45, 2.75) is 19.9 Å². The number of ether oxygens (including phenoxy) is 1. The highest BCUT2D eigenvalue weighted by Gasteiger charge is 2.27. The lowest BCUT2D eigenvalue weighted by atomic mass is 10.1. The van der Waals surface area contributed by atoms with Gasteiger partial charge in [0.15, 0.2) is 0 Å². The molecule has 1 amide bonds. The first-order chi connectivity index (χ1) is 13.5. The Labute approximate surface area is 175 Å². The molecular weight excluding hydrogens is 414 g/mol. The van der Waals surface area contributed by atoms with Gasteiger partial charge in [-0.1, -0.05) is 0 Å². The molecular formula is C18H18ClN7O2S. The van der Waals surface area contributed by atoms with E-state index < -0.39 is 5.91 Å². The van der Waals surface area contributed by atoms with Gasteiger partial charge in [-0.3, -0.25) is 9.78 Å². The smallest absolute Gasteiger partial charge is 0.253 e. The van der Waals surface area contributed by atoms with Crippen LogP contribution < -0.4 is 16.2 Å². The van der Waals surface area contributed by atoms with E-state index in [1.807, 2.05) is 17.7 Å². The fourth-order valence-corrected chi connectivity index (χ4v) is 4.66. The van der Waals surface area contributed by atoms with Crippen molar-refractivity contribution in [3.63, 3.8) is 0 Å². The van der Waals surface area contributed by atoms with Crippen molar-refractivity contribution in [3.05, 3.63) is 35.9 Å². The summed E-state index contributed by atoms with van der Waals surface area (Å²) in [5.74, 6) is 0.192. The van der Waals surface area contributed by atoms with Gasteiger partial charge in [0.2, 0.25) is 5.88 Å². The molecule has 0 saturated heterocycles. The summed E-state index contributed by atoms with van der Waals surface area (Å²) in [6.07, 6.45) is 5.80. The number of carbonyl (C=O) groups excluding carboxylic acids is 1. The molecule has 29 heavy (non-hydrogen) atoms. The Hall–Kier alpha value is -3.11. The second-order valence-corrected chi connectivity index (χ2v) is 7.61. The van der Waals surface area contributed by atoms with Crippen molar-refractivity contribution in [3.8, 4) is 27.6 Å². The highest BCUT2D eigenvalue weighted by atomic mass is 35.5. The molecule has 0 saturated carbocycles. The van der Waals surface area contributed by atoms with Crippen LogP contribution in [0.25, 0.3) is 26.5 Å². The molecule has 4 aromatic heterocycles. The van der Waals surface area contributed by atoms with Crippen molar-refractivity contribution in [1.29, 1.82) is 0 Å². The van der Waals surface area contributed by atoms with Gasteiger partial charge in [0.1, 0.15) is 4.83 Å². The Morgan fingerprint density at radius 1 is 1.24 bits per heavy atom. The number of nitrogens with zero attached hydrogens (tertiary/aromatic N) is 5. The zero-order chi connectivity index (χ0) is 19.4. The number of hydrogen-bond donors (Lipinski definition) is 2. The lowest BCUT2D eigenvalue weighted by Gasteiger charge is -2.16. The van der Waals surface area contributed by atoms with Gasteiger partial charge in [-0.2, -0.15) is 10.2 Å². The predicted molar refractivity (Wildman–Crippen MR) is 113 cm³/mol. The SMILES string of the molecule is Cc1ncc(N)cc1-c1c(-c2cnn3c2OCCC3)sc2c(C(N)=O)cnn12.Cl. The summed E-state index contributed by atoms with van der Waals surface area (Å²) in [5.41, 5.74) is 15.7. The van der Waals surface area contributed by atoms with E-state index in [0.29, 0.717) is 28.6 Å². The third-order valence-corrected chi connectivity index (χ3v) is 5.97. The van der Waals surface area contributed by atoms with Crippen LogP contribution in [0.1, 0.15) is 22.5 Å². The number of aromatic nitrogens is 5. The van der Waals surface area contributed by atoms with E-state index in [1.165, 1.54) is 17.5 Å². The molecule has 1 aliphatic heterocycles. The molecule has 0 spiro atoms. The number of primary amides is 1. The monoisotopic (exact) mass is 431 g/mol. The minimum atomic E-state index is -0.523. The largest absolute Gasteiger partial charge is 0.477 e. The number of nitrogens with two attached hydrogens (primary N) is 2. The number of hydrogen-bond acceptors (Lipinski definition) is 7. The van der Waals surface area contributed by atoms with Crippen LogP contribution in [0.4, 0.5) is 5.69 Å². The summed E-state index contributed by atoms with van der Waals surface area (Å²) in [5, 5.41) is 8.88. The Morgan fingerprint density at radius 2 is 2.07 bits per heavy atom. The number of amides is 1. The summed E-state index contributed by atoms with van der Waals surface area (Å²) >= 11 is 1.42. The Balaban J connectivity index is 0.00000205. The van der Waals surface area contributed by atoms with E-state index in [0.717, 1.165) is 40.4 Å². The number of anilines is 1. The fourth-order valence-electron chi connectivity index (χ4n) is 3.44. The highest BCUT2D eigenvalue weighted by Crippen LogP contribution is 2.45. The number of aryl methyl sites for hydroxylation is 2. The number of nitrogen functional groups attached to an aromatic ring is 1. The van der Waals surface area contributed by atoms with Crippen molar-refractivity contribution in [2.75, 3.05) is 12.3 Å². The third-order valence-electron chi connectivity index (χ3n) is 4.77. The predicted octanol–water partition coefficient (Wildman–Crippen LogP) is 2.52. The number of fused-ring (bicyclic) bond motifs is 2. The van der Waals surface area contributed by atoms with E-state index >= 15 is 0 Å². The van der Waals surface area contributed by atoms with E-state index in [-0.39, 0.29) is 12.4 Å². The Morgan fingerprint density at radius 3 is 2.86 bits per heavy atom. The number of carbonyl (C=O) groups is 1. The van der Waals surface area contributed by atoms with Gasteiger partial charge in [-0.25, -0.2) is 9.20 Å². The lowest BCUT2D eigenvalue weighted by molar-refractivity contribution is 0.100. The van der Waals surface area contributed by atoms with E-state index in [1.54, 1.807) is 16.9 Å². The van der Waals surface area contributed by atoms with E-state index in [4.69, 9.17) is 16.2 Å². The van der Waals surface area contributed by atoms with Crippen LogP contribution in [-0.2, 0) is 6.54 Å². The van der Waals surface area contributed by atoms with Crippen LogP contribution in [0.5, 0.6) is 5.88 Å². The molecule has 0 aromatic carbocycles. The average Bonchev–Trinajstić information content (AvgIpc) is 3.35. The molecule has 0 bridgehead atoms. The Bertz CT molecular complexity index is 1240. The van der Waals surface area contributed by atoms with Gasteiger partial charge >= 0.3 is 0 Å². The second-order valence-electron chi connectivity index (χ2n) is 6.61. The topological polar surface area (TPSA) is 126 Å². The maximum absolute atomic E-state index is 11.9. The number of rotatable bonds is 3. The summed E-state index contributed by atoms with van der Waals surface area (Å²) in [6.45, 7) is 3.35. The molecule has 9 nitrogen and oxygen atoms in total. The van der Waals surface area contributed by atoms with Gasteiger partial charge in [-0.05, 0) is 13.0 Å². The molecule has 0 atom stereocenters. The lowest BCUT2D eigenvalue weighted by Crippen LogP contribution is -2.14. The van der Waals surface area contributed by atoms with Gasteiger partial charge in [0, 0.05) is 24.2 Å². The molecule has 0 radical (unpaired) electrons. The molecule has 5 heterocycles. The average molecular weight is 432 g/mol. The summed E-state index contributed by atoms with van der Waals surface area (Å²) in [6, 6.07) is 1.86. The van der Waals surface area contributed by atoms with E-state index in [9.17, 15) is 4.79 Å². The van der Waals surface area contributed by atoms with Crippen molar-refractivity contribution in [1.82, 2.24) is 24.4 Å². The summed E-state index contributed by atoms with van der Waals surface area (Å²) < 4.78 is 9.46. The zero-order valence-electron chi connectivity index (χ0n) is 15.5. The Kier molecular flexibility index (Phi) is 4.67. The standard InChI is InChI=1S/C18H17N7O2S.ClH/c1-9-11(5-10(19)6-21-9)14-15(12-7-22-24-3-2-4-27-17(12)24)28-18-13(16(20)26)8-23-25(14)18;/h5-8H,2-4,19H2,1H3,(H2,20,26);1H. The minimum Gasteiger partial charge on any atom is -0.477 e. The van der Waals surface area contributed by atoms with Crippen LogP contribution in [0.3, 0.4) is 0 Å².